The summed E-state index contributed by atoms with van der Waals surface area (Å²) in [5.74, 6) is 0.331. The molecule has 1 aromatic rings. The quantitative estimate of drug-likeness (QED) is 0.849. The van der Waals surface area contributed by atoms with Crippen LogP contribution in [0.2, 0.25) is 0 Å². The van der Waals surface area contributed by atoms with E-state index in [4.69, 9.17) is 9.47 Å². The maximum Gasteiger partial charge on any atom is 0.244 e. The molecule has 0 saturated heterocycles. The van der Waals surface area contributed by atoms with E-state index in [2.05, 4.69) is 4.72 Å². The lowest BCUT2D eigenvalue weighted by Crippen LogP contribution is -2.35. The Labute approximate surface area is 108 Å². The van der Waals surface area contributed by atoms with Crippen molar-refractivity contribution in [1.82, 2.24) is 4.72 Å². The summed E-state index contributed by atoms with van der Waals surface area (Å²) in [4.78, 5) is 0.146. The van der Waals surface area contributed by atoms with Gasteiger partial charge in [0.2, 0.25) is 10.0 Å². The molecule has 0 aromatic heterocycles. The lowest BCUT2D eigenvalue weighted by Gasteiger charge is -2.15. The van der Waals surface area contributed by atoms with E-state index in [9.17, 15) is 8.42 Å². The van der Waals surface area contributed by atoms with Crippen molar-refractivity contribution in [3.05, 3.63) is 23.8 Å². The van der Waals surface area contributed by atoms with Crippen LogP contribution in [0, 0.1) is 6.92 Å². The standard InChI is InChI=1S/C12H19NO4S/c1-9-5-6-11(17-4)12(7-9)18(14,15)13-10(2)8-16-3/h5-7,10,13H,8H2,1-4H3. The van der Waals surface area contributed by atoms with Gasteiger partial charge >= 0.3 is 0 Å². The third-order valence-electron chi connectivity index (χ3n) is 2.38. The molecule has 102 valence electrons. The molecule has 0 aliphatic carbocycles. The molecule has 0 radical (unpaired) electrons. The van der Waals surface area contributed by atoms with Crippen molar-refractivity contribution < 1.29 is 17.9 Å². The van der Waals surface area contributed by atoms with Gasteiger partial charge in [0.05, 0.1) is 13.7 Å². The third-order valence-corrected chi connectivity index (χ3v) is 3.99. The second kappa shape index (κ2) is 6.17. The minimum atomic E-state index is -3.60. The van der Waals surface area contributed by atoms with Crippen LogP contribution in [0.3, 0.4) is 0 Å². The van der Waals surface area contributed by atoms with Gasteiger partial charge in [-0.1, -0.05) is 6.07 Å². The Morgan fingerprint density at radius 3 is 2.56 bits per heavy atom. The molecule has 0 heterocycles. The molecule has 5 nitrogen and oxygen atoms in total. The van der Waals surface area contributed by atoms with Crippen LogP contribution >= 0.6 is 0 Å². The summed E-state index contributed by atoms with van der Waals surface area (Å²) in [6.45, 7) is 3.88. The van der Waals surface area contributed by atoms with Crippen LogP contribution in [0.4, 0.5) is 0 Å². The molecule has 1 aromatic carbocycles. The highest BCUT2D eigenvalue weighted by atomic mass is 32.2. The molecule has 0 saturated carbocycles. The van der Waals surface area contributed by atoms with Gasteiger partial charge in [-0.3, -0.25) is 0 Å². The number of benzene rings is 1. The monoisotopic (exact) mass is 273 g/mol. The highest BCUT2D eigenvalue weighted by Crippen LogP contribution is 2.24. The topological polar surface area (TPSA) is 64.6 Å². The Morgan fingerprint density at radius 2 is 2.00 bits per heavy atom. The molecule has 6 heteroatoms. The molecule has 1 atom stereocenters. The normalized spacial score (nSPS) is 13.3. The molecular formula is C12H19NO4S. The zero-order valence-corrected chi connectivity index (χ0v) is 11.9. The van der Waals surface area contributed by atoms with E-state index in [-0.39, 0.29) is 10.9 Å². The summed E-state index contributed by atoms with van der Waals surface area (Å²) >= 11 is 0. The number of rotatable bonds is 6. The number of methoxy groups -OCH3 is 2. The molecule has 1 N–H and O–H groups in total. The molecule has 0 aliphatic rings. The number of sulfonamides is 1. The molecule has 0 bridgehead atoms. The summed E-state index contributed by atoms with van der Waals surface area (Å²) in [5.41, 5.74) is 0.857. The van der Waals surface area contributed by atoms with Crippen molar-refractivity contribution in [2.45, 2.75) is 24.8 Å². The van der Waals surface area contributed by atoms with Gasteiger partial charge in [-0.2, -0.15) is 0 Å². The van der Waals surface area contributed by atoms with Crippen molar-refractivity contribution in [2.75, 3.05) is 20.8 Å². The first-order valence-electron chi connectivity index (χ1n) is 5.56. The van der Waals surface area contributed by atoms with E-state index < -0.39 is 10.0 Å². The average Bonchev–Trinajstić information content (AvgIpc) is 2.28. The van der Waals surface area contributed by atoms with Crippen molar-refractivity contribution in [3.8, 4) is 5.75 Å². The minimum Gasteiger partial charge on any atom is -0.495 e. The molecule has 1 unspecified atom stereocenters. The number of ether oxygens (including phenoxy) is 2. The fraction of sp³-hybridized carbons (Fsp3) is 0.500. The predicted octanol–water partition coefficient (Wildman–Crippen LogP) is 1.32. The Hall–Kier alpha value is -1.11. The summed E-state index contributed by atoms with van der Waals surface area (Å²) in [7, 11) is -0.629. The smallest absolute Gasteiger partial charge is 0.244 e. The zero-order chi connectivity index (χ0) is 13.8. The zero-order valence-electron chi connectivity index (χ0n) is 11.1. The van der Waals surface area contributed by atoms with Crippen LogP contribution < -0.4 is 9.46 Å². The first-order valence-corrected chi connectivity index (χ1v) is 7.05. The van der Waals surface area contributed by atoms with E-state index in [0.717, 1.165) is 5.56 Å². The van der Waals surface area contributed by atoms with E-state index in [1.807, 2.05) is 6.92 Å². The van der Waals surface area contributed by atoms with E-state index in [1.165, 1.54) is 14.2 Å². The predicted molar refractivity (Wildman–Crippen MR) is 69.4 cm³/mol. The lowest BCUT2D eigenvalue weighted by atomic mass is 10.2. The van der Waals surface area contributed by atoms with E-state index >= 15 is 0 Å². The summed E-state index contributed by atoms with van der Waals surface area (Å²) < 4.78 is 36.9. The van der Waals surface area contributed by atoms with E-state index in [0.29, 0.717) is 12.4 Å². The van der Waals surface area contributed by atoms with Crippen molar-refractivity contribution in [3.63, 3.8) is 0 Å². The van der Waals surface area contributed by atoms with Crippen LogP contribution in [0.15, 0.2) is 23.1 Å². The highest BCUT2D eigenvalue weighted by molar-refractivity contribution is 7.89. The number of nitrogens with one attached hydrogen (secondary N) is 1. The fourth-order valence-electron chi connectivity index (χ4n) is 1.61. The van der Waals surface area contributed by atoms with E-state index in [1.54, 1.807) is 25.1 Å². The molecular weight excluding hydrogens is 254 g/mol. The Morgan fingerprint density at radius 1 is 1.33 bits per heavy atom. The number of aryl methyl sites for hydroxylation is 1. The minimum absolute atomic E-state index is 0.146. The maximum absolute atomic E-state index is 12.2. The molecule has 18 heavy (non-hydrogen) atoms. The Kier molecular flexibility index (Phi) is 5.13. The molecule has 0 fully saturated rings. The van der Waals surface area contributed by atoms with Gasteiger partial charge in [0.25, 0.3) is 0 Å². The van der Waals surface area contributed by atoms with Crippen LogP contribution in [-0.2, 0) is 14.8 Å². The van der Waals surface area contributed by atoms with Gasteiger partial charge in [0.15, 0.2) is 0 Å². The fourth-order valence-corrected chi connectivity index (χ4v) is 3.09. The van der Waals surface area contributed by atoms with Crippen LogP contribution in [-0.4, -0.2) is 35.3 Å². The summed E-state index contributed by atoms with van der Waals surface area (Å²) in [6, 6.07) is 4.73. The Balaban J connectivity index is 3.07. The third kappa shape index (κ3) is 3.69. The maximum atomic E-state index is 12.2. The lowest BCUT2D eigenvalue weighted by molar-refractivity contribution is 0.180. The highest BCUT2D eigenvalue weighted by Gasteiger charge is 2.21. The van der Waals surface area contributed by atoms with Gasteiger partial charge < -0.3 is 9.47 Å². The second-order valence-corrected chi connectivity index (χ2v) is 5.81. The average molecular weight is 273 g/mol. The largest absolute Gasteiger partial charge is 0.495 e. The van der Waals surface area contributed by atoms with Crippen molar-refractivity contribution in [2.24, 2.45) is 0 Å². The SMILES string of the molecule is COCC(C)NS(=O)(=O)c1cc(C)ccc1OC. The van der Waals surface area contributed by atoms with Gasteiger partial charge in [0.1, 0.15) is 10.6 Å². The van der Waals surface area contributed by atoms with Gasteiger partial charge in [-0.05, 0) is 31.5 Å². The molecule has 0 spiro atoms. The first-order chi connectivity index (χ1) is 8.40. The summed E-state index contributed by atoms with van der Waals surface area (Å²) in [6.07, 6.45) is 0. The van der Waals surface area contributed by atoms with Crippen molar-refractivity contribution >= 4 is 10.0 Å². The first kappa shape index (κ1) is 14.9. The van der Waals surface area contributed by atoms with Crippen molar-refractivity contribution in [1.29, 1.82) is 0 Å². The molecule has 0 amide bonds. The number of hydrogen-bond acceptors (Lipinski definition) is 4. The van der Waals surface area contributed by atoms with Crippen LogP contribution in [0.5, 0.6) is 5.75 Å². The van der Waals surface area contributed by atoms with Crippen LogP contribution in [0.1, 0.15) is 12.5 Å². The summed E-state index contributed by atoms with van der Waals surface area (Å²) in [5, 5.41) is 0. The second-order valence-electron chi connectivity index (χ2n) is 4.13. The van der Waals surface area contributed by atoms with Crippen LogP contribution in [0.25, 0.3) is 0 Å². The van der Waals surface area contributed by atoms with Gasteiger partial charge in [-0.25, -0.2) is 13.1 Å². The molecule has 0 aliphatic heterocycles. The Bertz CT molecular complexity index is 499. The van der Waals surface area contributed by atoms with Gasteiger partial charge in [-0.15, -0.1) is 0 Å². The van der Waals surface area contributed by atoms with Gasteiger partial charge in [0, 0.05) is 13.2 Å². The number of hydrogen-bond donors (Lipinski definition) is 1. The molecule has 1 rings (SSSR count).